The second-order valence-electron chi connectivity index (χ2n) is 3.00. The van der Waals surface area contributed by atoms with E-state index in [2.05, 4.69) is 15.2 Å². The third-order valence-corrected chi connectivity index (χ3v) is 2.07. The molecule has 2 aromatic heterocycles. The highest BCUT2D eigenvalue weighted by molar-refractivity contribution is 5.64. The van der Waals surface area contributed by atoms with Gasteiger partial charge < -0.3 is 9.84 Å². The van der Waals surface area contributed by atoms with E-state index in [1.165, 1.54) is 0 Å². The van der Waals surface area contributed by atoms with Gasteiger partial charge in [0.25, 0.3) is 0 Å². The van der Waals surface area contributed by atoms with E-state index in [0.717, 1.165) is 5.56 Å². The molecule has 0 atom stereocenters. The number of aliphatic hydroxyl groups is 1. The molecular weight excluding hydrogens is 194 g/mol. The van der Waals surface area contributed by atoms with Crippen molar-refractivity contribution in [1.82, 2.24) is 15.2 Å². The van der Waals surface area contributed by atoms with E-state index in [1.54, 1.807) is 31.6 Å². The van der Waals surface area contributed by atoms with Crippen LogP contribution < -0.4 is 4.74 Å². The van der Waals surface area contributed by atoms with Gasteiger partial charge in [0.1, 0.15) is 11.4 Å². The fourth-order valence-corrected chi connectivity index (χ4v) is 1.33. The van der Waals surface area contributed by atoms with Crippen LogP contribution in [0, 0.1) is 0 Å². The quantitative estimate of drug-likeness (QED) is 0.783. The highest BCUT2D eigenvalue weighted by Gasteiger charge is 2.09. The zero-order valence-corrected chi connectivity index (χ0v) is 8.27. The fraction of sp³-hybridized carbons (Fsp3) is 0.200. The molecule has 78 valence electrons. The molecule has 0 aliphatic rings. The zero-order chi connectivity index (χ0) is 10.7. The minimum Gasteiger partial charge on any atom is -0.494 e. The van der Waals surface area contributed by atoms with E-state index in [9.17, 15) is 0 Å². The second-order valence-corrected chi connectivity index (χ2v) is 3.00. The molecule has 0 fully saturated rings. The predicted octanol–water partition coefficient (Wildman–Crippen LogP) is 0.973. The highest BCUT2D eigenvalue weighted by atomic mass is 16.5. The number of aromatic nitrogens is 3. The van der Waals surface area contributed by atoms with Crippen LogP contribution in [0.1, 0.15) is 5.69 Å². The van der Waals surface area contributed by atoms with E-state index in [-0.39, 0.29) is 6.61 Å². The number of methoxy groups -OCH3 is 1. The molecule has 0 bridgehead atoms. The Balaban J connectivity index is 2.52. The second kappa shape index (κ2) is 4.10. The highest BCUT2D eigenvalue weighted by Crippen LogP contribution is 2.26. The van der Waals surface area contributed by atoms with Gasteiger partial charge in [0.15, 0.2) is 0 Å². The molecule has 2 rings (SSSR count). The molecule has 0 saturated heterocycles. The van der Waals surface area contributed by atoms with E-state index in [0.29, 0.717) is 17.1 Å². The van der Waals surface area contributed by atoms with Crippen LogP contribution in [0.15, 0.2) is 24.5 Å². The van der Waals surface area contributed by atoms with Gasteiger partial charge in [0.2, 0.25) is 0 Å². The lowest BCUT2D eigenvalue weighted by atomic mass is 10.2. The summed E-state index contributed by atoms with van der Waals surface area (Å²) in [6.45, 7) is -0.0884. The van der Waals surface area contributed by atoms with Crippen molar-refractivity contribution in [3.8, 4) is 17.0 Å². The van der Waals surface area contributed by atoms with Crippen LogP contribution in [0.3, 0.4) is 0 Å². The number of hydrogen-bond acceptors (Lipinski definition) is 4. The van der Waals surface area contributed by atoms with Crippen LogP contribution in [-0.2, 0) is 6.61 Å². The van der Waals surface area contributed by atoms with Crippen LogP contribution >= 0.6 is 0 Å². The van der Waals surface area contributed by atoms with Gasteiger partial charge in [-0.3, -0.25) is 5.10 Å². The van der Waals surface area contributed by atoms with Crippen LogP contribution in [-0.4, -0.2) is 27.4 Å². The number of aromatic amines is 1. The molecule has 0 aliphatic carbocycles. The van der Waals surface area contributed by atoms with Crippen molar-refractivity contribution in [3.05, 3.63) is 30.2 Å². The molecule has 2 N–H and O–H groups in total. The van der Waals surface area contributed by atoms with Crippen molar-refractivity contribution in [3.63, 3.8) is 0 Å². The summed E-state index contributed by atoms with van der Waals surface area (Å²) in [5.74, 6) is 0.661. The number of aliphatic hydroxyl groups excluding tert-OH is 1. The molecule has 0 saturated carbocycles. The van der Waals surface area contributed by atoms with Crippen LogP contribution in [0.2, 0.25) is 0 Å². The van der Waals surface area contributed by atoms with Gasteiger partial charge in [-0.15, -0.1) is 0 Å². The lowest BCUT2D eigenvalue weighted by Gasteiger charge is -2.06. The van der Waals surface area contributed by atoms with Crippen molar-refractivity contribution >= 4 is 0 Å². The van der Waals surface area contributed by atoms with Crippen LogP contribution in [0.25, 0.3) is 11.3 Å². The topological polar surface area (TPSA) is 71.0 Å². The van der Waals surface area contributed by atoms with Gasteiger partial charge in [0, 0.05) is 11.8 Å². The lowest BCUT2D eigenvalue weighted by molar-refractivity contribution is 0.276. The third kappa shape index (κ3) is 1.82. The van der Waals surface area contributed by atoms with Gasteiger partial charge in [-0.05, 0) is 12.1 Å². The molecule has 0 unspecified atom stereocenters. The lowest BCUT2D eigenvalue weighted by Crippen LogP contribution is -1.95. The molecule has 5 nitrogen and oxygen atoms in total. The normalized spacial score (nSPS) is 10.3. The Kier molecular flexibility index (Phi) is 2.64. The number of ether oxygens (including phenoxy) is 1. The van der Waals surface area contributed by atoms with Crippen molar-refractivity contribution < 1.29 is 9.84 Å². The van der Waals surface area contributed by atoms with E-state index in [1.807, 2.05) is 0 Å². The Labute approximate surface area is 86.7 Å². The standard InChI is InChI=1S/C10H11N3O2/c1-15-9-3-2-8(6-14)13-10(9)7-4-11-12-5-7/h2-5,14H,6H2,1H3,(H,11,12). The number of H-pyrrole nitrogens is 1. The average Bonchev–Trinajstić information content (AvgIpc) is 2.81. The Morgan fingerprint density at radius 1 is 1.47 bits per heavy atom. The first-order valence-corrected chi connectivity index (χ1v) is 4.49. The summed E-state index contributed by atoms with van der Waals surface area (Å²) in [5.41, 5.74) is 2.12. The van der Waals surface area contributed by atoms with Crippen LogP contribution in [0.4, 0.5) is 0 Å². The Morgan fingerprint density at radius 3 is 2.93 bits per heavy atom. The number of nitrogens with one attached hydrogen (secondary N) is 1. The maximum absolute atomic E-state index is 9.00. The summed E-state index contributed by atoms with van der Waals surface area (Å²) in [6, 6.07) is 3.50. The molecule has 0 amide bonds. The van der Waals surface area contributed by atoms with Crippen LogP contribution in [0.5, 0.6) is 5.75 Å². The van der Waals surface area contributed by atoms with Gasteiger partial charge in [0.05, 0.1) is 25.6 Å². The van der Waals surface area contributed by atoms with Crippen molar-refractivity contribution in [2.45, 2.75) is 6.61 Å². The van der Waals surface area contributed by atoms with Crippen molar-refractivity contribution in [2.24, 2.45) is 0 Å². The SMILES string of the molecule is COc1ccc(CO)nc1-c1cn[nH]c1. The van der Waals surface area contributed by atoms with E-state index < -0.39 is 0 Å². The molecule has 2 aromatic rings. The number of nitrogens with zero attached hydrogens (tertiary/aromatic N) is 2. The first-order chi connectivity index (χ1) is 7.35. The molecule has 5 heteroatoms. The van der Waals surface area contributed by atoms with Gasteiger partial charge in [-0.1, -0.05) is 0 Å². The van der Waals surface area contributed by atoms with Gasteiger partial charge in [-0.2, -0.15) is 5.10 Å². The summed E-state index contributed by atoms with van der Waals surface area (Å²) in [5, 5.41) is 15.6. The molecule has 0 aliphatic heterocycles. The minimum absolute atomic E-state index is 0.0884. The molecular formula is C10H11N3O2. The largest absolute Gasteiger partial charge is 0.494 e. The summed E-state index contributed by atoms with van der Waals surface area (Å²) in [4.78, 5) is 4.27. The minimum atomic E-state index is -0.0884. The Bertz CT molecular complexity index is 440. The Morgan fingerprint density at radius 2 is 2.33 bits per heavy atom. The summed E-state index contributed by atoms with van der Waals surface area (Å²) >= 11 is 0. The average molecular weight is 205 g/mol. The summed E-state index contributed by atoms with van der Waals surface area (Å²) in [7, 11) is 1.58. The van der Waals surface area contributed by atoms with E-state index >= 15 is 0 Å². The fourth-order valence-electron chi connectivity index (χ4n) is 1.33. The summed E-state index contributed by atoms with van der Waals surface area (Å²) in [6.07, 6.45) is 3.39. The predicted molar refractivity (Wildman–Crippen MR) is 54.3 cm³/mol. The van der Waals surface area contributed by atoms with Gasteiger partial charge >= 0.3 is 0 Å². The first kappa shape index (κ1) is 9.67. The maximum Gasteiger partial charge on any atom is 0.145 e. The number of pyridine rings is 1. The maximum atomic E-state index is 9.00. The van der Waals surface area contributed by atoms with Crippen molar-refractivity contribution in [2.75, 3.05) is 7.11 Å². The van der Waals surface area contributed by atoms with E-state index in [4.69, 9.17) is 9.84 Å². The smallest absolute Gasteiger partial charge is 0.145 e. The zero-order valence-electron chi connectivity index (χ0n) is 8.27. The number of rotatable bonds is 3. The third-order valence-electron chi connectivity index (χ3n) is 2.07. The Hall–Kier alpha value is -1.88. The van der Waals surface area contributed by atoms with Crippen molar-refractivity contribution in [1.29, 1.82) is 0 Å². The molecule has 0 aromatic carbocycles. The summed E-state index contributed by atoms with van der Waals surface area (Å²) < 4.78 is 5.18. The first-order valence-electron chi connectivity index (χ1n) is 4.49. The van der Waals surface area contributed by atoms with Gasteiger partial charge in [-0.25, -0.2) is 4.98 Å². The molecule has 15 heavy (non-hydrogen) atoms. The molecule has 0 spiro atoms. The molecule has 0 radical (unpaired) electrons. The molecule has 2 heterocycles. The number of hydrogen-bond donors (Lipinski definition) is 2. The monoisotopic (exact) mass is 205 g/mol.